The fourth-order valence-electron chi connectivity index (χ4n) is 1.48. The SMILES string of the molecule is CCN(CCCN(C)C)C(N)=NC1CC1. The van der Waals surface area contributed by atoms with E-state index in [0.29, 0.717) is 6.04 Å². The lowest BCUT2D eigenvalue weighted by Crippen LogP contribution is -2.39. The zero-order chi connectivity index (χ0) is 11.3. The largest absolute Gasteiger partial charge is 0.370 e. The molecule has 0 spiro atoms. The van der Waals surface area contributed by atoms with Gasteiger partial charge in [-0.15, -0.1) is 0 Å². The van der Waals surface area contributed by atoms with Crippen molar-refractivity contribution in [3.05, 3.63) is 0 Å². The van der Waals surface area contributed by atoms with E-state index >= 15 is 0 Å². The lowest BCUT2D eigenvalue weighted by molar-refractivity contribution is 0.352. The average molecular weight is 212 g/mol. The molecule has 0 aromatic carbocycles. The van der Waals surface area contributed by atoms with Gasteiger partial charge in [-0.05, 0) is 46.8 Å². The van der Waals surface area contributed by atoms with Crippen molar-refractivity contribution < 1.29 is 0 Å². The molecule has 1 aliphatic carbocycles. The second-order valence-corrected chi connectivity index (χ2v) is 4.45. The summed E-state index contributed by atoms with van der Waals surface area (Å²) in [7, 11) is 4.19. The summed E-state index contributed by atoms with van der Waals surface area (Å²) in [6.07, 6.45) is 3.58. The Bertz CT molecular complexity index is 209. The number of hydrogen-bond donors (Lipinski definition) is 1. The fraction of sp³-hybridized carbons (Fsp3) is 0.909. The van der Waals surface area contributed by atoms with E-state index in [1.807, 2.05) is 0 Å². The van der Waals surface area contributed by atoms with E-state index < -0.39 is 0 Å². The highest BCUT2D eigenvalue weighted by Crippen LogP contribution is 2.23. The predicted molar refractivity (Wildman–Crippen MR) is 65.1 cm³/mol. The maximum absolute atomic E-state index is 5.95. The third kappa shape index (κ3) is 5.02. The minimum Gasteiger partial charge on any atom is -0.370 e. The number of nitrogens with zero attached hydrogens (tertiary/aromatic N) is 3. The molecule has 0 radical (unpaired) electrons. The highest BCUT2D eigenvalue weighted by atomic mass is 15.3. The van der Waals surface area contributed by atoms with Gasteiger partial charge in [-0.25, -0.2) is 4.99 Å². The first-order chi connectivity index (χ1) is 7.13. The summed E-state index contributed by atoms with van der Waals surface area (Å²) in [6.45, 7) is 5.20. The summed E-state index contributed by atoms with van der Waals surface area (Å²) in [5, 5.41) is 0. The molecule has 0 unspecified atom stereocenters. The molecule has 1 fully saturated rings. The summed E-state index contributed by atoms with van der Waals surface area (Å²) >= 11 is 0. The molecule has 1 saturated carbocycles. The molecule has 4 heteroatoms. The van der Waals surface area contributed by atoms with Crippen LogP contribution < -0.4 is 5.73 Å². The molecule has 0 aromatic rings. The number of rotatable bonds is 6. The molecular formula is C11H24N4. The summed E-state index contributed by atoms with van der Waals surface area (Å²) < 4.78 is 0. The van der Waals surface area contributed by atoms with Crippen LogP contribution in [-0.4, -0.2) is 55.5 Å². The molecule has 4 nitrogen and oxygen atoms in total. The van der Waals surface area contributed by atoms with Gasteiger partial charge < -0.3 is 15.5 Å². The van der Waals surface area contributed by atoms with Gasteiger partial charge in [-0.1, -0.05) is 0 Å². The van der Waals surface area contributed by atoms with Gasteiger partial charge in [0.2, 0.25) is 0 Å². The quantitative estimate of drug-likeness (QED) is 0.522. The first kappa shape index (κ1) is 12.3. The molecule has 0 saturated heterocycles. The van der Waals surface area contributed by atoms with Crippen molar-refractivity contribution in [2.24, 2.45) is 10.7 Å². The van der Waals surface area contributed by atoms with Gasteiger partial charge in [0.25, 0.3) is 0 Å². The summed E-state index contributed by atoms with van der Waals surface area (Å²) in [5.41, 5.74) is 5.95. The predicted octanol–water partition coefficient (Wildman–Crippen LogP) is 0.737. The minimum absolute atomic E-state index is 0.521. The molecule has 88 valence electrons. The molecule has 0 atom stereocenters. The number of hydrogen-bond acceptors (Lipinski definition) is 2. The van der Waals surface area contributed by atoms with Crippen molar-refractivity contribution in [1.29, 1.82) is 0 Å². The topological polar surface area (TPSA) is 44.9 Å². The van der Waals surface area contributed by atoms with Gasteiger partial charge in [-0.3, -0.25) is 0 Å². The van der Waals surface area contributed by atoms with Crippen LogP contribution in [-0.2, 0) is 0 Å². The normalized spacial score (nSPS) is 17.2. The van der Waals surface area contributed by atoms with Crippen LogP contribution >= 0.6 is 0 Å². The Morgan fingerprint density at radius 2 is 2.00 bits per heavy atom. The maximum atomic E-state index is 5.95. The van der Waals surface area contributed by atoms with Crippen LogP contribution in [0, 0.1) is 0 Å². The van der Waals surface area contributed by atoms with Crippen molar-refractivity contribution in [2.45, 2.75) is 32.2 Å². The Morgan fingerprint density at radius 1 is 1.33 bits per heavy atom. The molecule has 0 bridgehead atoms. The molecule has 2 N–H and O–H groups in total. The molecule has 0 amide bonds. The standard InChI is InChI=1S/C11H24N4/c1-4-15(9-5-8-14(2)3)11(12)13-10-6-7-10/h10H,4-9H2,1-3H3,(H2,12,13). The smallest absolute Gasteiger partial charge is 0.191 e. The summed E-state index contributed by atoms with van der Waals surface area (Å²) in [4.78, 5) is 8.83. The lowest BCUT2D eigenvalue weighted by atomic mass is 10.3. The fourth-order valence-corrected chi connectivity index (χ4v) is 1.48. The monoisotopic (exact) mass is 212 g/mol. The van der Waals surface area contributed by atoms with E-state index in [0.717, 1.165) is 32.0 Å². The van der Waals surface area contributed by atoms with Crippen LogP contribution in [0.15, 0.2) is 4.99 Å². The molecule has 0 aliphatic heterocycles. The number of nitrogens with two attached hydrogens (primary N) is 1. The van der Waals surface area contributed by atoms with Gasteiger partial charge in [-0.2, -0.15) is 0 Å². The van der Waals surface area contributed by atoms with Crippen molar-refractivity contribution >= 4 is 5.96 Å². The zero-order valence-electron chi connectivity index (χ0n) is 10.2. The average Bonchev–Trinajstić information content (AvgIpc) is 2.95. The highest BCUT2D eigenvalue weighted by molar-refractivity contribution is 5.78. The van der Waals surface area contributed by atoms with Gasteiger partial charge in [0.15, 0.2) is 5.96 Å². The van der Waals surface area contributed by atoms with Gasteiger partial charge in [0.05, 0.1) is 6.04 Å². The van der Waals surface area contributed by atoms with Gasteiger partial charge in [0.1, 0.15) is 0 Å². The zero-order valence-corrected chi connectivity index (χ0v) is 10.2. The molecule has 15 heavy (non-hydrogen) atoms. The van der Waals surface area contributed by atoms with Crippen molar-refractivity contribution in [3.63, 3.8) is 0 Å². The Morgan fingerprint density at radius 3 is 2.47 bits per heavy atom. The van der Waals surface area contributed by atoms with Crippen LogP contribution in [0.1, 0.15) is 26.2 Å². The second kappa shape index (κ2) is 5.95. The van der Waals surface area contributed by atoms with E-state index in [1.165, 1.54) is 12.8 Å². The van der Waals surface area contributed by atoms with Crippen LogP contribution in [0.2, 0.25) is 0 Å². The van der Waals surface area contributed by atoms with Gasteiger partial charge in [0, 0.05) is 13.1 Å². The van der Waals surface area contributed by atoms with Crippen LogP contribution in [0.3, 0.4) is 0 Å². The minimum atomic E-state index is 0.521. The van der Waals surface area contributed by atoms with E-state index in [-0.39, 0.29) is 0 Å². The van der Waals surface area contributed by atoms with Crippen LogP contribution in [0.5, 0.6) is 0 Å². The van der Waals surface area contributed by atoms with Crippen LogP contribution in [0.25, 0.3) is 0 Å². The number of aliphatic imine (C=N–C) groups is 1. The molecule has 0 heterocycles. The first-order valence-electron chi connectivity index (χ1n) is 5.86. The highest BCUT2D eigenvalue weighted by Gasteiger charge is 2.21. The van der Waals surface area contributed by atoms with Gasteiger partial charge >= 0.3 is 0 Å². The van der Waals surface area contributed by atoms with Crippen molar-refractivity contribution in [3.8, 4) is 0 Å². The van der Waals surface area contributed by atoms with E-state index in [2.05, 4.69) is 35.8 Å². The van der Waals surface area contributed by atoms with Crippen molar-refractivity contribution in [1.82, 2.24) is 9.80 Å². The number of guanidine groups is 1. The Hall–Kier alpha value is -0.770. The Balaban J connectivity index is 2.27. The maximum Gasteiger partial charge on any atom is 0.191 e. The first-order valence-corrected chi connectivity index (χ1v) is 5.86. The third-order valence-corrected chi connectivity index (χ3v) is 2.60. The molecular weight excluding hydrogens is 188 g/mol. The van der Waals surface area contributed by atoms with Crippen molar-refractivity contribution in [2.75, 3.05) is 33.7 Å². The molecule has 0 aromatic heterocycles. The van der Waals surface area contributed by atoms with Crippen LogP contribution in [0.4, 0.5) is 0 Å². The second-order valence-electron chi connectivity index (χ2n) is 4.45. The summed E-state index contributed by atoms with van der Waals surface area (Å²) in [5.74, 6) is 0.735. The lowest BCUT2D eigenvalue weighted by Gasteiger charge is -2.22. The summed E-state index contributed by atoms with van der Waals surface area (Å²) in [6, 6.07) is 0.521. The Labute approximate surface area is 93.1 Å². The third-order valence-electron chi connectivity index (χ3n) is 2.60. The van der Waals surface area contributed by atoms with E-state index in [4.69, 9.17) is 5.73 Å². The van der Waals surface area contributed by atoms with E-state index in [9.17, 15) is 0 Å². The van der Waals surface area contributed by atoms with E-state index in [1.54, 1.807) is 0 Å². The molecule has 1 aliphatic rings. The Kier molecular flexibility index (Phi) is 4.88. The molecule has 1 rings (SSSR count).